The highest BCUT2D eigenvalue weighted by Gasteiger charge is 2.09. The maximum atomic E-state index is 10.5. The second-order valence-corrected chi connectivity index (χ2v) is 4.92. The van der Waals surface area contributed by atoms with Crippen LogP contribution in [0.1, 0.15) is 5.69 Å². The van der Waals surface area contributed by atoms with Crippen LogP contribution in [0.25, 0.3) is 5.57 Å². The van der Waals surface area contributed by atoms with Gasteiger partial charge in [-0.15, -0.1) is 0 Å². The van der Waals surface area contributed by atoms with Gasteiger partial charge in [0.15, 0.2) is 12.4 Å². The zero-order valence-electron chi connectivity index (χ0n) is 9.22. The number of nitrogens with one attached hydrogen (secondary N) is 1. The van der Waals surface area contributed by atoms with Gasteiger partial charge in [-0.25, -0.2) is 8.42 Å². The van der Waals surface area contributed by atoms with Gasteiger partial charge in [0.2, 0.25) is 0 Å². The average molecular weight is 266 g/mol. The molecule has 0 radical (unpaired) electrons. The van der Waals surface area contributed by atoms with Crippen LogP contribution in [0.4, 0.5) is 0 Å². The molecule has 0 amide bonds. The van der Waals surface area contributed by atoms with Crippen molar-refractivity contribution in [1.29, 1.82) is 0 Å². The normalized spacial score (nSPS) is 17.4. The van der Waals surface area contributed by atoms with Crippen molar-refractivity contribution in [3.63, 3.8) is 0 Å². The molecular formula is C10H10N4O3S. The molecule has 0 unspecified atom stereocenters. The summed E-state index contributed by atoms with van der Waals surface area (Å²) in [4.78, 5) is 0. The standard InChI is InChI=1S/C10H10N4O3S/c15-18(16,17)7-6-14-5-3-9(8-12-14)10-2-1-4-11-13-10/h1-6,8,12H,7H2. The van der Waals surface area contributed by atoms with Crippen molar-refractivity contribution in [3.8, 4) is 0 Å². The summed E-state index contributed by atoms with van der Waals surface area (Å²) >= 11 is 0. The Hall–Kier alpha value is -2.06. The number of aromatic nitrogens is 2. The van der Waals surface area contributed by atoms with E-state index in [1.165, 1.54) is 10.9 Å². The third-order valence-electron chi connectivity index (χ3n) is 2.13. The zero-order chi connectivity index (χ0) is 13.0. The number of nitrogens with zero attached hydrogens (tertiary/aromatic N) is 3. The van der Waals surface area contributed by atoms with E-state index in [0.29, 0.717) is 5.69 Å². The van der Waals surface area contributed by atoms with E-state index in [-0.39, 0.29) is 0 Å². The van der Waals surface area contributed by atoms with Crippen LogP contribution in [0, 0.1) is 0 Å². The van der Waals surface area contributed by atoms with Crippen molar-refractivity contribution in [2.45, 2.75) is 0 Å². The summed E-state index contributed by atoms with van der Waals surface area (Å²) in [5.41, 5.74) is 4.29. The maximum absolute atomic E-state index is 10.5. The highest BCUT2D eigenvalue weighted by Crippen LogP contribution is 2.12. The van der Waals surface area contributed by atoms with Crippen molar-refractivity contribution in [3.05, 3.63) is 42.5 Å². The number of hydrazine groups is 1. The van der Waals surface area contributed by atoms with Gasteiger partial charge in [-0.3, -0.25) is 0 Å². The third kappa shape index (κ3) is 3.47. The predicted octanol–water partition coefficient (Wildman–Crippen LogP) is -0.522. The lowest BCUT2D eigenvalue weighted by atomic mass is 10.2. The summed E-state index contributed by atoms with van der Waals surface area (Å²) < 4.78 is 32.8. The number of hydrazone groups is 1. The SMILES string of the molecule is O=S(=O)([O-])CC=[N+]1C=CC(c2cccnn2)=CN1. The van der Waals surface area contributed by atoms with Gasteiger partial charge in [-0.05, 0) is 12.1 Å². The van der Waals surface area contributed by atoms with E-state index in [9.17, 15) is 13.0 Å². The smallest absolute Gasteiger partial charge is 0.200 e. The summed E-state index contributed by atoms with van der Waals surface area (Å²) in [6, 6.07) is 3.56. The number of hydrogen-bond donors (Lipinski definition) is 1. The minimum Gasteiger partial charge on any atom is -0.748 e. The van der Waals surface area contributed by atoms with Crippen LogP contribution >= 0.6 is 0 Å². The molecule has 0 fully saturated rings. The van der Waals surface area contributed by atoms with Crippen LogP contribution in [-0.4, -0.2) is 39.8 Å². The van der Waals surface area contributed by atoms with Crippen LogP contribution in [0.15, 0.2) is 36.8 Å². The van der Waals surface area contributed by atoms with E-state index in [4.69, 9.17) is 0 Å². The Morgan fingerprint density at radius 1 is 1.50 bits per heavy atom. The molecule has 7 nitrogen and oxygen atoms in total. The van der Waals surface area contributed by atoms with Crippen molar-refractivity contribution in [2.75, 3.05) is 5.75 Å². The average Bonchev–Trinajstić information content (AvgIpc) is 2.37. The second-order valence-electron chi connectivity index (χ2n) is 3.47. The number of hydrogen-bond acceptors (Lipinski definition) is 6. The van der Waals surface area contributed by atoms with Gasteiger partial charge in [0.1, 0.15) is 15.9 Å². The van der Waals surface area contributed by atoms with Crippen molar-refractivity contribution in [2.24, 2.45) is 0 Å². The lowest BCUT2D eigenvalue weighted by molar-refractivity contribution is -0.507. The molecule has 0 aromatic carbocycles. The first-order chi connectivity index (χ1) is 8.54. The van der Waals surface area contributed by atoms with Crippen molar-refractivity contribution < 1.29 is 17.7 Å². The molecule has 94 valence electrons. The molecule has 1 aliphatic rings. The Bertz CT molecular complexity index is 620. The zero-order valence-corrected chi connectivity index (χ0v) is 10.0. The van der Waals surface area contributed by atoms with E-state index in [1.807, 2.05) is 0 Å². The number of allylic oxidation sites excluding steroid dienone is 2. The van der Waals surface area contributed by atoms with Crippen LogP contribution < -0.4 is 5.43 Å². The summed E-state index contributed by atoms with van der Waals surface area (Å²) in [5.74, 6) is -0.571. The second kappa shape index (κ2) is 5.07. The minimum atomic E-state index is -4.25. The Morgan fingerprint density at radius 3 is 2.89 bits per heavy atom. The Kier molecular flexibility index (Phi) is 3.49. The van der Waals surface area contributed by atoms with Crippen molar-refractivity contribution >= 4 is 21.9 Å². The first-order valence-corrected chi connectivity index (χ1v) is 6.60. The maximum Gasteiger partial charge on any atom is 0.200 e. The Labute approximate surface area is 104 Å². The molecule has 0 saturated carbocycles. The largest absolute Gasteiger partial charge is 0.748 e. The monoisotopic (exact) mass is 266 g/mol. The molecule has 0 spiro atoms. The number of rotatable bonds is 3. The van der Waals surface area contributed by atoms with Gasteiger partial charge in [0, 0.05) is 17.8 Å². The fourth-order valence-corrected chi connectivity index (χ4v) is 1.64. The van der Waals surface area contributed by atoms with Gasteiger partial charge < -0.3 is 4.55 Å². The first kappa shape index (κ1) is 12.4. The third-order valence-corrected chi connectivity index (χ3v) is 2.68. The summed E-state index contributed by atoms with van der Waals surface area (Å²) in [7, 11) is -4.25. The molecule has 18 heavy (non-hydrogen) atoms. The summed E-state index contributed by atoms with van der Waals surface area (Å²) in [6.07, 6.45) is 7.77. The molecule has 1 aromatic rings. The first-order valence-electron chi connectivity index (χ1n) is 5.02. The molecule has 1 aliphatic heterocycles. The van der Waals surface area contributed by atoms with Gasteiger partial charge in [0.25, 0.3) is 0 Å². The van der Waals surface area contributed by atoms with E-state index in [1.54, 1.807) is 36.8 Å². The molecule has 0 aliphatic carbocycles. The van der Waals surface area contributed by atoms with E-state index in [0.717, 1.165) is 5.57 Å². The minimum absolute atomic E-state index is 0.571. The molecule has 2 heterocycles. The highest BCUT2D eigenvalue weighted by atomic mass is 32.2. The van der Waals surface area contributed by atoms with Crippen LogP contribution in [-0.2, 0) is 10.1 Å². The molecular weight excluding hydrogens is 256 g/mol. The topological polar surface area (TPSA) is 98.0 Å². The molecule has 8 heteroatoms. The fourth-order valence-electron chi connectivity index (χ4n) is 1.30. The lowest BCUT2D eigenvalue weighted by Crippen LogP contribution is -2.25. The van der Waals surface area contributed by atoms with Gasteiger partial charge in [-0.1, -0.05) is 4.68 Å². The van der Waals surface area contributed by atoms with Crippen LogP contribution in [0.3, 0.4) is 0 Å². The molecule has 1 N–H and O–H groups in total. The molecule has 0 saturated heterocycles. The van der Waals surface area contributed by atoms with Gasteiger partial charge in [-0.2, -0.15) is 15.6 Å². The van der Waals surface area contributed by atoms with Gasteiger partial charge >= 0.3 is 0 Å². The Balaban J connectivity index is 2.08. The van der Waals surface area contributed by atoms with Crippen molar-refractivity contribution in [1.82, 2.24) is 15.6 Å². The quantitative estimate of drug-likeness (QED) is 0.584. The highest BCUT2D eigenvalue weighted by molar-refractivity contribution is 7.86. The molecule has 2 rings (SSSR count). The summed E-state index contributed by atoms with van der Waals surface area (Å²) in [5, 5.41) is 7.68. The fraction of sp³-hybridized carbons (Fsp3) is 0.100. The predicted molar refractivity (Wildman–Crippen MR) is 63.2 cm³/mol. The van der Waals surface area contributed by atoms with Crippen LogP contribution in [0.2, 0.25) is 0 Å². The lowest BCUT2D eigenvalue weighted by Gasteiger charge is -2.06. The van der Waals surface area contributed by atoms with Crippen LogP contribution in [0.5, 0.6) is 0 Å². The van der Waals surface area contributed by atoms with E-state index < -0.39 is 15.9 Å². The summed E-state index contributed by atoms with van der Waals surface area (Å²) in [6.45, 7) is 0. The van der Waals surface area contributed by atoms with Gasteiger partial charge in [0.05, 0.1) is 11.9 Å². The Morgan fingerprint density at radius 2 is 2.33 bits per heavy atom. The molecule has 1 aromatic heterocycles. The molecule has 0 atom stereocenters. The van der Waals surface area contributed by atoms with E-state index >= 15 is 0 Å². The molecule has 0 bridgehead atoms. The van der Waals surface area contributed by atoms with E-state index in [2.05, 4.69) is 15.6 Å².